The number of nitrogens with one attached hydrogen (secondary N) is 2. The summed E-state index contributed by atoms with van der Waals surface area (Å²) in [7, 11) is 5.39. The number of nitrogens with zero attached hydrogens (tertiary/aromatic N) is 2. The van der Waals surface area contributed by atoms with Crippen molar-refractivity contribution in [1.82, 2.24) is 10.2 Å². The zero-order chi connectivity index (χ0) is 24.5. The van der Waals surface area contributed by atoms with E-state index in [1.807, 2.05) is 6.07 Å². The summed E-state index contributed by atoms with van der Waals surface area (Å²) in [4.78, 5) is 25.8. The van der Waals surface area contributed by atoms with Crippen molar-refractivity contribution in [1.29, 1.82) is 0 Å². The van der Waals surface area contributed by atoms with Gasteiger partial charge in [0.15, 0.2) is 11.5 Å². The van der Waals surface area contributed by atoms with Gasteiger partial charge in [0.2, 0.25) is 0 Å². The number of benzene rings is 2. The zero-order valence-corrected chi connectivity index (χ0v) is 20.2. The molecule has 34 heavy (non-hydrogen) atoms. The molecule has 1 saturated heterocycles. The molecule has 2 amide bonds. The van der Waals surface area contributed by atoms with E-state index >= 15 is 0 Å². The molecule has 9 nitrogen and oxygen atoms in total. The Balaban J connectivity index is 1.49. The maximum absolute atomic E-state index is 12.7. The number of likely N-dealkylation sites (N-methyl/N-ethyl adjacent to an activating group) is 1. The van der Waals surface area contributed by atoms with Crippen molar-refractivity contribution >= 4 is 29.0 Å². The number of rotatable bonds is 6. The van der Waals surface area contributed by atoms with Crippen LogP contribution in [0.25, 0.3) is 0 Å². The molecule has 2 aromatic rings. The number of carbonyl (C=O) groups is 1. The van der Waals surface area contributed by atoms with Crippen LogP contribution in [0.1, 0.15) is 31.2 Å². The van der Waals surface area contributed by atoms with E-state index in [9.17, 15) is 14.9 Å². The van der Waals surface area contributed by atoms with Gasteiger partial charge in [-0.15, -0.1) is 0 Å². The largest absolute Gasteiger partial charge is 0.493 e. The first kappa shape index (κ1) is 24.1. The summed E-state index contributed by atoms with van der Waals surface area (Å²) < 4.78 is 11.0. The molecule has 1 aliphatic carbocycles. The van der Waals surface area contributed by atoms with E-state index in [4.69, 9.17) is 21.1 Å². The molecule has 10 heteroatoms. The number of nitro groups is 1. The number of methoxy groups -OCH3 is 2. The summed E-state index contributed by atoms with van der Waals surface area (Å²) >= 11 is 5.87. The van der Waals surface area contributed by atoms with Crippen molar-refractivity contribution in [3.05, 3.63) is 57.1 Å². The Kier molecular flexibility index (Phi) is 6.86. The number of nitro benzene ring substituents is 1. The van der Waals surface area contributed by atoms with E-state index in [1.165, 1.54) is 23.8 Å². The van der Waals surface area contributed by atoms with Crippen LogP contribution in [-0.4, -0.2) is 55.8 Å². The first-order valence-electron chi connectivity index (χ1n) is 11.2. The molecule has 182 valence electrons. The minimum absolute atomic E-state index is 0.0298. The minimum Gasteiger partial charge on any atom is -0.493 e. The van der Waals surface area contributed by atoms with Crippen LogP contribution in [0.15, 0.2) is 36.4 Å². The maximum Gasteiger partial charge on any atom is 0.319 e. The number of carbonyl (C=O) groups excluding carboxylic acids is 1. The zero-order valence-electron chi connectivity index (χ0n) is 19.5. The number of anilines is 1. The van der Waals surface area contributed by atoms with Crippen LogP contribution >= 0.6 is 11.6 Å². The van der Waals surface area contributed by atoms with E-state index in [0.29, 0.717) is 11.5 Å². The van der Waals surface area contributed by atoms with Crippen LogP contribution in [0.2, 0.25) is 5.02 Å². The average molecular weight is 489 g/mol. The van der Waals surface area contributed by atoms with Crippen molar-refractivity contribution in [2.75, 3.05) is 33.1 Å². The number of urea groups is 1. The van der Waals surface area contributed by atoms with Gasteiger partial charge in [0.1, 0.15) is 5.69 Å². The minimum atomic E-state index is -0.562. The van der Waals surface area contributed by atoms with Crippen LogP contribution in [0.3, 0.4) is 0 Å². The average Bonchev–Trinajstić information content (AvgIpc) is 3.16. The van der Waals surface area contributed by atoms with Gasteiger partial charge in [-0.05, 0) is 69.1 Å². The first-order chi connectivity index (χ1) is 16.3. The number of halogens is 1. The molecule has 2 fully saturated rings. The van der Waals surface area contributed by atoms with Gasteiger partial charge in [-0.2, -0.15) is 0 Å². The first-order valence-corrected chi connectivity index (χ1v) is 11.6. The summed E-state index contributed by atoms with van der Waals surface area (Å²) in [6.07, 6.45) is 3.51. The standard InChI is InChI=1S/C24H29ClN4O5/c1-28-11-10-24(15-4-7-20(33-2)21(12-15)34-3)9-8-17(14-22(24)28)26-23(30)27-18-6-5-16(25)13-19(18)29(31)32/h4-7,12-13,17,22H,8-11,14H2,1-3H3,(H2,26,27,30). The highest BCUT2D eigenvalue weighted by Crippen LogP contribution is 2.49. The lowest BCUT2D eigenvalue weighted by atomic mass is 9.65. The number of likely N-dealkylation sites (tertiary alicyclic amines) is 1. The molecule has 3 atom stereocenters. The lowest BCUT2D eigenvalue weighted by molar-refractivity contribution is -0.383. The van der Waals surface area contributed by atoms with Crippen LogP contribution in [0.5, 0.6) is 11.5 Å². The summed E-state index contributed by atoms with van der Waals surface area (Å²) in [5.41, 5.74) is 1.06. The van der Waals surface area contributed by atoms with Gasteiger partial charge in [0, 0.05) is 28.6 Å². The third-order valence-electron chi connectivity index (χ3n) is 7.23. The SMILES string of the molecule is COc1ccc(C23CCC(NC(=O)Nc4ccc(Cl)cc4[N+](=O)[O-])CC2N(C)CC3)cc1OC. The van der Waals surface area contributed by atoms with Crippen LogP contribution < -0.4 is 20.1 Å². The molecule has 0 radical (unpaired) electrons. The van der Waals surface area contributed by atoms with E-state index in [1.54, 1.807) is 14.2 Å². The molecule has 2 aliphatic rings. The normalized spacial score (nSPS) is 24.2. The molecule has 3 unspecified atom stereocenters. The molecule has 4 rings (SSSR count). The number of ether oxygens (including phenoxy) is 2. The van der Waals surface area contributed by atoms with Gasteiger partial charge in [-0.1, -0.05) is 17.7 Å². The molecule has 2 N–H and O–H groups in total. The molecule has 1 saturated carbocycles. The molecule has 0 bridgehead atoms. The fourth-order valence-corrected chi connectivity index (χ4v) is 5.67. The third kappa shape index (κ3) is 4.50. The monoisotopic (exact) mass is 488 g/mol. The second-order valence-corrected chi connectivity index (χ2v) is 9.40. The predicted octanol–water partition coefficient (Wildman–Crippen LogP) is 4.58. The van der Waals surface area contributed by atoms with Crippen molar-refractivity contribution in [3.8, 4) is 11.5 Å². The van der Waals surface area contributed by atoms with Crippen LogP contribution in [0, 0.1) is 10.1 Å². The van der Waals surface area contributed by atoms with Crippen molar-refractivity contribution < 1.29 is 19.2 Å². The lowest BCUT2D eigenvalue weighted by Gasteiger charge is -2.45. The second kappa shape index (κ2) is 9.68. The summed E-state index contributed by atoms with van der Waals surface area (Å²) in [6, 6.07) is 10.1. The molecule has 1 aliphatic heterocycles. The van der Waals surface area contributed by atoms with Gasteiger partial charge in [-0.3, -0.25) is 10.1 Å². The molecule has 1 heterocycles. The fraction of sp³-hybridized carbons (Fsp3) is 0.458. The highest BCUT2D eigenvalue weighted by atomic mass is 35.5. The molecular weight excluding hydrogens is 460 g/mol. The van der Waals surface area contributed by atoms with Crippen molar-refractivity contribution in [2.45, 2.75) is 43.2 Å². The second-order valence-electron chi connectivity index (χ2n) is 8.96. The molecule has 2 aromatic carbocycles. The lowest BCUT2D eigenvalue weighted by Crippen LogP contribution is -2.52. The van der Waals surface area contributed by atoms with E-state index in [2.05, 4.69) is 34.7 Å². The summed E-state index contributed by atoms with van der Waals surface area (Å²) in [5, 5.41) is 17.2. The Bertz CT molecular complexity index is 1100. The third-order valence-corrected chi connectivity index (χ3v) is 7.46. The quantitative estimate of drug-likeness (QED) is 0.455. The van der Waals surface area contributed by atoms with Crippen LogP contribution in [-0.2, 0) is 5.41 Å². The van der Waals surface area contributed by atoms with Crippen molar-refractivity contribution in [3.63, 3.8) is 0 Å². The Morgan fingerprint density at radius 3 is 2.65 bits per heavy atom. The predicted molar refractivity (Wildman–Crippen MR) is 130 cm³/mol. The van der Waals surface area contributed by atoms with Gasteiger partial charge in [0.25, 0.3) is 5.69 Å². The fourth-order valence-electron chi connectivity index (χ4n) is 5.50. The Morgan fingerprint density at radius 2 is 1.94 bits per heavy atom. The van der Waals surface area contributed by atoms with Gasteiger partial charge in [-0.25, -0.2) is 4.79 Å². The van der Waals surface area contributed by atoms with E-state index in [-0.39, 0.29) is 33.9 Å². The number of amides is 2. The molecule has 0 spiro atoms. The van der Waals surface area contributed by atoms with Crippen molar-refractivity contribution in [2.24, 2.45) is 0 Å². The van der Waals surface area contributed by atoms with E-state index in [0.717, 1.165) is 32.2 Å². The van der Waals surface area contributed by atoms with Gasteiger partial charge in [0.05, 0.1) is 19.1 Å². The molecular formula is C24H29ClN4O5. The van der Waals surface area contributed by atoms with Gasteiger partial charge >= 0.3 is 6.03 Å². The number of fused-ring (bicyclic) bond motifs is 1. The van der Waals surface area contributed by atoms with Gasteiger partial charge < -0.3 is 25.0 Å². The molecule has 0 aromatic heterocycles. The summed E-state index contributed by atoms with van der Waals surface area (Å²) in [6.45, 7) is 0.967. The maximum atomic E-state index is 12.7. The smallest absolute Gasteiger partial charge is 0.319 e. The Hall–Kier alpha value is -3.04. The Morgan fingerprint density at radius 1 is 1.18 bits per heavy atom. The Labute approximate surface area is 203 Å². The summed E-state index contributed by atoms with van der Waals surface area (Å²) in [5.74, 6) is 1.42. The number of hydrogen-bond donors (Lipinski definition) is 2. The highest BCUT2D eigenvalue weighted by molar-refractivity contribution is 6.31. The number of hydrogen-bond acceptors (Lipinski definition) is 6. The van der Waals surface area contributed by atoms with Crippen LogP contribution in [0.4, 0.5) is 16.2 Å². The van der Waals surface area contributed by atoms with E-state index < -0.39 is 11.0 Å². The highest BCUT2D eigenvalue weighted by Gasteiger charge is 2.50. The topological polar surface area (TPSA) is 106 Å².